The van der Waals surface area contributed by atoms with Crippen molar-refractivity contribution < 1.29 is 22.9 Å². The Morgan fingerprint density at radius 2 is 1.97 bits per heavy atom. The van der Waals surface area contributed by atoms with Gasteiger partial charge in [-0.2, -0.15) is 0 Å². The van der Waals surface area contributed by atoms with Crippen molar-refractivity contribution in [2.45, 2.75) is 58.0 Å². The minimum atomic E-state index is -1.01. The summed E-state index contributed by atoms with van der Waals surface area (Å²) in [6.45, 7) is 4.45. The predicted octanol–water partition coefficient (Wildman–Crippen LogP) is 4.17. The third kappa shape index (κ3) is 4.48. The molecule has 6 nitrogen and oxygen atoms in total. The highest BCUT2D eigenvalue weighted by Crippen LogP contribution is 2.31. The van der Waals surface area contributed by atoms with Gasteiger partial charge in [-0.1, -0.05) is 31.8 Å². The number of nitrogens with zero attached hydrogens (tertiary/aromatic N) is 2. The Hall–Kier alpha value is -2.77. The smallest absolute Gasteiger partial charge is 0.276 e. The number of halogens is 2. The van der Waals surface area contributed by atoms with Crippen molar-refractivity contribution in [3.63, 3.8) is 0 Å². The number of carbonyl (C=O) groups is 2. The Kier molecular flexibility index (Phi) is 6.07. The molecule has 0 radical (unpaired) electrons. The molecule has 1 aromatic heterocycles. The molecule has 2 amide bonds. The zero-order valence-electron chi connectivity index (χ0n) is 17.7. The van der Waals surface area contributed by atoms with Gasteiger partial charge in [0.05, 0.1) is 0 Å². The molecule has 2 aliphatic rings. The highest BCUT2D eigenvalue weighted by molar-refractivity contribution is 5.97. The summed E-state index contributed by atoms with van der Waals surface area (Å²) in [6.07, 6.45) is 4.92. The number of hydrogen-bond donors (Lipinski definition) is 1. The molecule has 2 fully saturated rings. The van der Waals surface area contributed by atoms with Crippen LogP contribution in [-0.4, -0.2) is 40.5 Å². The average Bonchev–Trinajstić information content (AvgIpc) is 3.43. The highest BCUT2D eigenvalue weighted by atomic mass is 19.2. The lowest BCUT2D eigenvalue weighted by Gasteiger charge is -2.41. The van der Waals surface area contributed by atoms with Gasteiger partial charge >= 0.3 is 0 Å². The first-order valence-corrected chi connectivity index (χ1v) is 10.9. The SMILES string of the molecule is CC(C)CC1C(=O)NC(C2CCCC2)CN1C(=O)c1cc(-c2ccc(F)c(F)c2)on1. The van der Waals surface area contributed by atoms with Gasteiger partial charge in [-0.3, -0.25) is 9.59 Å². The molecule has 2 heterocycles. The third-order valence-electron chi connectivity index (χ3n) is 6.26. The summed E-state index contributed by atoms with van der Waals surface area (Å²) in [5.74, 6) is -1.73. The molecule has 166 valence electrons. The molecule has 1 saturated heterocycles. The summed E-state index contributed by atoms with van der Waals surface area (Å²) in [5, 5.41) is 7.01. The van der Waals surface area contributed by atoms with E-state index in [9.17, 15) is 18.4 Å². The van der Waals surface area contributed by atoms with Crippen LogP contribution in [0.25, 0.3) is 11.3 Å². The van der Waals surface area contributed by atoms with Crippen LogP contribution in [-0.2, 0) is 4.79 Å². The summed E-state index contributed by atoms with van der Waals surface area (Å²) in [4.78, 5) is 27.9. The summed E-state index contributed by atoms with van der Waals surface area (Å²) < 4.78 is 32.0. The number of benzene rings is 1. The fraction of sp³-hybridized carbons (Fsp3) is 0.522. The molecule has 1 N–H and O–H groups in total. The van der Waals surface area contributed by atoms with Gasteiger partial charge in [0.2, 0.25) is 5.91 Å². The quantitative estimate of drug-likeness (QED) is 0.771. The largest absolute Gasteiger partial charge is 0.355 e. The van der Waals surface area contributed by atoms with Gasteiger partial charge in [0.25, 0.3) is 5.91 Å². The Morgan fingerprint density at radius 3 is 2.65 bits per heavy atom. The van der Waals surface area contributed by atoms with Crippen molar-refractivity contribution in [2.24, 2.45) is 11.8 Å². The zero-order valence-corrected chi connectivity index (χ0v) is 17.7. The number of nitrogens with one attached hydrogen (secondary N) is 1. The Balaban J connectivity index is 1.59. The van der Waals surface area contributed by atoms with Crippen LogP contribution < -0.4 is 5.32 Å². The number of carbonyl (C=O) groups excluding carboxylic acids is 2. The van der Waals surface area contributed by atoms with E-state index >= 15 is 0 Å². The highest BCUT2D eigenvalue weighted by Gasteiger charge is 2.41. The Bertz CT molecular complexity index is 969. The topological polar surface area (TPSA) is 75.4 Å². The minimum absolute atomic E-state index is 0.0494. The molecule has 8 heteroatoms. The standard InChI is InChI=1S/C23H27F2N3O3/c1-13(2)9-20-22(29)26-19(14-5-3-4-6-14)12-28(20)23(30)18-11-21(31-27-18)15-7-8-16(24)17(25)10-15/h7-8,10-11,13-14,19-20H,3-6,9,12H2,1-2H3,(H,26,29). The van der Waals surface area contributed by atoms with Crippen molar-refractivity contribution in [3.8, 4) is 11.3 Å². The Morgan fingerprint density at radius 1 is 1.23 bits per heavy atom. The summed E-state index contributed by atoms with van der Waals surface area (Å²) >= 11 is 0. The first-order chi connectivity index (χ1) is 14.8. The first kappa shape index (κ1) is 21.5. The fourth-order valence-electron chi connectivity index (χ4n) is 4.65. The molecule has 2 unspecified atom stereocenters. The van der Waals surface area contributed by atoms with Crippen LogP contribution in [0.15, 0.2) is 28.8 Å². The van der Waals surface area contributed by atoms with Crippen LogP contribution in [0.4, 0.5) is 8.78 Å². The molecular weight excluding hydrogens is 404 g/mol. The van der Waals surface area contributed by atoms with Crippen LogP contribution in [0.3, 0.4) is 0 Å². The van der Waals surface area contributed by atoms with Crippen molar-refractivity contribution in [1.82, 2.24) is 15.4 Å². The molecule has 0 bridgehead atoms. The maximum Gasteiger partial charge on any atom is 0.276 e. The van der Waals surface area contributed by atoms with Crippen LogP contribution >= 0.6 is 0 Å². The van der Waals surface area contributed by atoms with E-state index in [0.717, 1.165) is 37.8 Å². The number of aromatic nitrogens is 1. The second-order valence-corrected chi connectivity index (χ2v) is 8.97. The van der Waals surface area contributed by atoms with Crippen LogP contribution in [0, 0.1) is 23.5 Å². The predicted molar refractivity (Wildman–Crippen MR) is 110 cm³/mol. The normalized spacial score (nSPS) is 22.2. The lowest BCUT2D eigenvalue weighted by molar-refractivity contribution is -0.130. The van der Waals surface area contributed by atoms with Crippen molar-refractivity contribution in [2.75, 3.05) is 6.54 Å². The molecule has 1 aromatic carbocycles. The Labute approximate surface area is 180 Å². The molecule has 1 aliphatic carbocycles. The second-order valence-electron chi connectivity index (χ2n) is 8.97. The van der Waals surface area contributed by atoms with Gasteiger partial charge in [0.15, 0.2) is 23.1 Å². The van der Waals surface area contributed by atoms with E-state index in [2.05, 4.69) is 10.5 Å². The van der Waals surface area contributed by atoms with E-state index in [4.69, 9.17) is 4.52 Å². The number of hydrogen-bond acceptors (Lipinski definition) is 4. The van der Waals surface area contributed by atoms with E-state index in [1.54, 1.807) is 4.90 Å². The van der Waals surface area contributed by atoms with Crippen molar-refractivity contribution in [1.29, 1.82) is 0 Å². The van der Waals surface area contributed by atoms with E-state index in [0.29, 0.717) is 18.9 Å². The number of amides is 2. The summed E-state index contributed by atoms with van der Waals surface area (Å²) in [5.41, 5.74) is 0.331. The maximum absolute atomic E-state index is 13.6. The number of rotatable bonds is 5. The monoisotopic (exact) mass is 431 g/mol. The van der Waals surface area contributed by atoms with Crippen LogP contribution in [0.2, 0.25) is 0 Å². The average molecular weight is 431 g/mol. The molecule has 4 rings (SSSR count). The number of piperazine rings is 1. The van der Waals surface area contributed by atoms with Crippen LogP contribution in [0.1, 0.15) is 56.4 Å². The molecular formula is C23H27F2N3O3. The molecule has 1 saturated carbocycles. The fourth-order valence-corrected chi connectivity index (χ4v) is 4.65. The second kappa shape index (κ2) is 8.77. The first-order valence-electron chi connectivity index (χ1n) is 10.9. The minimum Gasteiger partial charge on any atom is -0.355 e. The molecule has 1 aliphatic heterocycles. The molecule has 2 aromatic rings. The maximum atomic E-state index is 13.6. The van der Waals surface area contributed by atoms with Gasteiger partial charge in [0, 0.05) is 24.2 Å². The van der Waals surface area contributed by atoms with Gasteiger partial charge in [-0.05, 0) is 49.3 Å². The van der Waals surface area contributed by atoms with E-state index in [-0.39, 0.29) is 40.8 Å². The lowest BCUT2D eigenvalue weighted by Crippen LogP contribution is -2.63. The molecule has 0 spiro atoms. The molecule has 31 heavy (non-hydrogen) atoms. The van der Waals surface area contributed by atoms with E-state index in [1.807, 2.05) is 13.8 Å². The van der Waals surface area contributed by atoms with Crippen molar-refractivity contribution >= 4 is 11.8 Å². The van der Waals surface area contributed by atoms with E-state index < -0.39 is 17.7 Å². The van der Waals surface area contributed by atoms with Gasteiger partial charge in [-0.25, -0.2) is 8.78 Å². The third-order valence-corrected chi connectivity index (χ3v) is 6.26. The van der Waals surface area contributed by atoms with Gasteiger partial charge in [-0.15, -0.1) is 0 Å². The zero-order chi connectivity index (χ0) is 22.1. The molecule has 2 atom stereocenters. The summed E-state index contributed by atoms with van der Waals surface area (Å²) in [7, 11) is 0. The van der Waals surface area contributed by atoms with Gasteiger partial charge in [0.1, 0.15) is 6.04 Å². The van der Waals surface area contributed by atoms with E-state index in [1.165, 1.54) is 12.1 Å². The van der Waals surface area contributed by atoms with Gasteiger partial charge < -0.3 is 14.7 Å². The lowest BCUT2D eigenvalue weighted by atomic mass is 9.91. The summed E-state index contributed by atoms with van der Waals surface area (Å²) in [6, 6.07) is 4.12. The van der Waals surface area contributed by atoms with Crippen molar-refractivity contribution in [3.05, 3.63) is 41.6 Å². The van der Waals surface area contributed by atoms with Crippen LogP contribution in [0.5, 0.6) is 0 Å².